The van der Waals surface area contributed by atoms with E-state index in [-0.39, 0.29) is 33.2 Å². The van der Waals surface area contributed by atoms with Crippen LogP contribution in [0.3, 0.4) is 0 Å². The van der Waals surface area contributed by atoms with Gasteiger partial charge in [-0.05, 0) is 32.0 Å². The van der Waals surface area contributed by atoms with E-state index < -0.39 is 17.6 Å². The Morgan fingerprint density at radius 3 is 2.50 bits per heavy atom. The summed E-state index contributed by atoms with van der Waals surface area (Å²) in [6, 6.07) is 5.55. The van der Waals surface area contributed by atoms with Crippen molar-refractivity contribution in [2.24, 2.45) is 0 Å². The van der Waals surface area contributed by atoms with Gasteiger partial charge in [0.15, 0.2) is 0 Å². The second-order valence-corrected chi connectivity index (χ2v) is 5.76. The second-order valence-electron chi connectivity index (χ2n) is 5.36. The van der Waals surface area contributed by atoms with Gasteiger partial charge in [0.05, 0.1) is 22.4 Å². The van der Waals surface area contributed by atoms with Gasteiger partial charge in [-0.1, -0.05) is 22.8 Å². The van der Waals surface area contributed by atoms with Crippen LogP contribution in [-0.2, 0) is 0 Å². The Labute approximate surface area is 152 Å². The smallest absolute Gasteiger partial charge is 0.275 e. The van der Waals surface area contributed by atoms with Crippen molar-refractivity contribution in [3.8, 4) is 11.3 Å². The van der Waals surface area contributed by atoms with Crippen LogP contribution in [0, 0.1) is 19.7 Å². The van der Waals surface area contributed by atoms with E-state index in [9.17, 15) is 14.0 Å². The molecule has 2 amide bonds. The summed E-state index contributed by atoms with van der Waals surface area (Å²) in [5.74, 6) is -1.41. The standard InChI is InChI=1S/C17H13ClFN3O4/c1-8-10(6-7-25-8)16(23)20-21-17(24)13-9(2)26-22-15(13)14-11(18)4-3-5-12(14)19/h3-7H,1-2H3,(H,20,23)(H,21,24). The van der Waals surface area contributed by atoms with Gasteiger partial charge in [-0.25, -0.2) is 4.39 Å². The molecular weight excluding hydrogens is 365 g/mol. The number of aromatic nitrogens is 1. The first kappa shape index (κ1) is 17.7. The van der Waals surface area contributed by atoms with E-state index in [1.165, 1.54) is 37.5 Å². The molecule has 0 spiro atoms. The minimum atomic E-state index is -0.729. The zero-order valence-electron chi connectivity index (χ0n) is 13.7. The van der Waals surface area contributed by atoms with E-state index in [1.807, 2.05) is 0 Å². The van der Waals surface area contributed by atoms with Gasteiger partial charge in [0.1, 0.15) is 28.6 Å². The topological polar surface area (TPSA) is 97.4 Å². The van der Waals surface area contributed by atoms with Gasteiger partial charge in [-0.3, -0.25) is 20.4 Å². The van der Waals surface area contributed by atoms with Crippen LogP contribution in [0.5, 0.6) is 0 Å². The van der Waals surface area contributed by atoms with Gasteiger partial charge in [-0.2, -0.15) is 0 Å². The molecule has 3 rings (SSSR count). The maximum atomic E-state index is 14.2. The fraction of sp³-hybridized carbons (Fsp3) is 0.118. The Morgan fingerprint density at radius 1 is 1.12 bits per heavy atom. The van der Waals surface area contributed by atoms with Crippen molar-refractivity contribution < 1.29 is 22.9 Å². The number of rotatable bonds is 3. The normalized spacial score (nSPS) is 10.6. The van der Waals surface area contributed by atoms with E-state index >= 15 is 0 Å². The fourth-order valence-corrected chi connectivity index (χ4v) is 2.65. The molecule has 0 unspecified atom stereocenters. The molecule has 0 aliphatic rings. The zero-order valence-corrected chi connectivity index (χ0v) is 14.5. The number of hydrogen-bond donors (Lipinski definition) is 2. The van der Waals surface area contributed by atoms with Crippen molar-refractivity contribution in [1.82, 2.24) is 16.0 Å². The number of carbonyl (C=O) groups is 2. The first-order chi connectivity index (χ1) is 12.4. The number of carbonyl (C=O) groups excluding carboxylic acids is 2. The first-order valence-electron chi connectivity index (χ1n) is 7.45. The lowest BCUT2D eigenvalue weighted by molar-refractivity contribution is 0.0845. The highest BCUT2D eigenvalue weighted by Gasteiger charge is 2.26. The lowest BCUT2D eigenvalue weighted by Gasteiger charge is -2.08. The number of amides is 2. The van der Waals surface area contributed by atoms with Crippen LogP contribution in [0.1, 0.15) is 32.2 Å². The van der Waals surface area contributed by atoms with Gasteiger partial charge in [0.2, 0.25) is 0 Å². The van der Waals surface area contributed by atoms with Crippen LogP contribution in [0.25, 0.3) is 11.3 Å². The number of nitrogens with one attached hydrogen (secondary N) is 2. The van der Waals surface area contributed by atoms with Crippen molar-refractivity contribution >= 4 is 23.4 Å². The Morgan fingerprint density at radius 2 is 1.85 bits per heavy atom. The molecule has 3 aromatic rings. The predicted octanol–water partition coefficient (Wildman–Crippen LogP) is 3.42. The summed E-state index contributed by atoms with van der Waals surface area (Å²) in [6.07, 6.45) is 1.36. The Bertz CT molecular complexity index is 976. The third-order valence-corrected chi connectivity index (χ3v) is 4.00. The number of halogens is 2. The molecule has 134 valence electrons. The molecular formula is C17H13ClFN3O4. The summed E-state index contributed by atoms with van der Waals surface area (Å²) in [4.78, 5) is 24.5. The van der Waals surface area contributed by atoms with Gasteiger partial charge in [-0.15, -0.1) is 0 Å². The average Bonchev–Trinajstić information content (AvgIpc) is 3.18. The molecule has 2 aromatic heterocycles. The lowest BCUT2D eigenvalue weighted by Crippen LogP contribution is -2.42. The fourth-order valence-electron chi connectivity index (χ4n) is 2.40. The molecule has 0 fully saturated rings. The summed E-state index contributed by atoms with van der Waals surface area (Å²) >= 11 is 6.03. The van der Waals surface area contributed by atoms with E-state index in [1.54, 1.807) is 6.92 Å². The summed E-state index contributed by atoms with van der Waals surface area (Å²) in [6.45, 7) is 3.10. The minimum absolute atomic E-state index is 0.0405. The highest BCUT2D eigenvalue weighted by molar-refractivity contribution is 6.33. The van der Waals surface area contributed by atoms with Gasteiger partial charge >= 0.3 is 0 Å². The van der Waals surface area contributed by atoms with Crippen molar-refractivity contribution in [1.29, 1.82) is 0 Å². The third-order valence-electron chi connectivity index (χ3n) is 3.68. The number of nitrogens with zero attached hydrogens (tertiary/aromatic N) is 1. The van der Waals surface area contributed by atoms with Crippen LogP contribution in [0.15, 0.2) is 39.5 Å². The average molecular weight is 378 g/mol. The molecule has 0 radical (unpaired) electrons. The number of hydrazine groups is 1. The van der Waals surface area contributed by atoms with Crippen molar-refractivity contribution in [3.05, 3.63) is 64.0 Å². The Balaban J connectivity index is 1.86. The maximum Gasteiger partial charge on any atom is 0.275 e. The monoisotopic (exact) mass is 377 g/mol. The van der Waals surface area contributed by atoms with E-state index in [0.717, 1.165) is 0 Å². The van der Waals surface area contributed by atoms with Crippen molar-refractivity contribution in [2.75, 3.05) is 0 Å². The maximum absolute atomic E-state index is 14.2. The van der Waals surface area contributed by atoms with E-state index in [0.29, 0.717) is 5.76 Å². The van der Waals surface area contributed by atoms with Crippen LogP contribution in [-0.4, -0.2) is 17.0 Å². The summed E-state index contributed by atoms with van der Waals surface area (Å²) in [5.41, 5.74) is 4.61. The van der Waals surface area contributed by atoms with Crippen LogP contribution in [0.4, 0.5) is 4.39 Å². The quantitative estimate of drug-likeness (QED) is 0.681. The molecule has 2 heterocycles. The number of benzene rings is 1. The molecule has 0 atom stereocenters. The van der Waals surface area contributed by atoms with Gasteiger partial charge < -0.3 is 8.94 Å². The summed E-state index contributed by atoms with van der Waals surface area (Å²) in [7, 11) is 0. The van der Waals surface area contributed by atoms with Crippen LogP contribution < -0.4 is 10.9 Å². The molecule has 0 saturated heterocycles. The van der Waals surface area contributed by atoms with Gasteiger partial charge in [0, 0.05) is 0 Å². The molecule has 26 heavy (non-hydrogen) atoms. The van der Waals surface area contributed by atoms with Crippen LogP contribution in [0.2, 0.25) is 5.02 Å². The largest absolute Gasteiger partial charge is 0.469 e. The molecule has 0 aliphatic carbocycles. The number of hydrogen-bond acceptors (Lipinski definition) is 5. The molecule has 0 bridgehead atoms. The minimum Gasteiger partial charge on any atom is -0.469 e. The van der Waals surface area contributed by atoms with Crippen molar-refractivity contribution in [3.63, 3.8) is 0 Å². The molecule has 7 nitrogen and oxygen atoms in total. The van der Waals surface area contributed by atoms with Crippen molar-refractivity contribution in [2.45, 2.75) is 13.8 Å². The van der Waals surface area contributed by atoms with Crippen LogP contribution >= 0.6 is 11.6 Å². The highest BCUT2D eigenvalue weighted by atomic mass is 35.5. The summed E-state index contributed by atoms with van der Waals surface area (Å²) in [5, 5.41) is 3.81. The number of aryl methyl sites for hydroxylation is 2. The lowest BCUT2D eigenvalue weighted by atomic mass is 10.1. The number of furan rings is 1. The SMILES string of the molecule is Cc1occc1C(=O)NNC(=O)c1c(-c2c(F)cccc2Cl)noc1C. The third kappa shape index (κ3) is 3.18. The Hall–Kier alpha value is -3.13. The molecule has 9 heteroatoms. The first-order valence-corrected chi connectivity index (χ1v) is 7.83. The molecule has 2 N–H and O–H groups in total. The highest BCUT2D eigenvalue weighted by Crippen LogP contribution is 2.33. The molecule has 0 aliphatic heterocycles. The van der Waals surface area contributed by atoms with E-state index in [4.69, 9.17) is 20.5 Å². The molecule has 0 saturated carbocycles. The predicted molar refractivity (Wildman–Crippen MR) is 90.0 cm³/mol. The second kappa shape index (κ2) is 7.01. The van der Waals surface area contributed by atoms with E-state index in [2.05, 4.69) is 16.0 Å². The molecule has 1 aromatic carbocycles. The van der Waals surface area contributed by atoms with Gasteiger partial charge in [0.25, 0.3) is 11.8 Å². The zero-order chi connectivity index (χ0) is 18.8. The summed E-state index contributed by atoms with van der Waals surface area (Å²) < 4.78 is 24.2. The Kier molecular flexibility index (Phi) is 4.77.